The van der Waals surface area contributed by atoms with Crippen LogP contribution in [-0.4, -0.2) is 50.7 Å². The molecule has 0 saturated carbocycles. The predicted molar refractivity (Wildman–Crippen MR) is 115 cm³/mol. The number of nitrogens with zero attached hydrogens (tertiary/aromatic N) is 2. The molecule has 2 heterocycles. The van der Waals surface area contributed by atoms with E-state index < -0.39 is 17.8 Å². The third-order valence-corrected chi connectivity index (χ3v) is 5.11. The Morgan fingerprint density at radius 3 is 2.32 bits per heavy atom. The summed E-state index contributed by atoms with van der Waals surface area (Å²) in [6.07, 6.45) is 1.58. The van der Waals surface area contributed by atoms with Gasteiger partial charge < -0.3 is 14.4 Å². The molecule has 2 saturated heterocycles. The van der Waals surface area contributed by atoms with E-state index in [4.69, 9.17) is 9.47 Å². The van der Waals surface area contributed by atoms with Gasteiger partial charge in [-0.3, -0.25) is 15.0 Å². The molecule has 4 rings (SSSR count). The second kappa shape index (κ2) is 9.01. The lowest BCUT2D eigenvalue weighted by Gasteiger charge is -2.28. The van der Waals surface area contributed by atoms with Crippen molar-refractivity contribution in [2.24, 2.45) is 0 Å². The van der Waals surface area contributed by atoms with Gasteiger partial charge in [0.05, 0.1) is 31.1 Å². The number of anilines is 2. The van der Waals surface area contributed by atoms with E-state index in [-0.39, 0.29) is 12.2 Å². The second-order valence-corrected chi connectivity index (χ2v) is 7.10. The molecule has 1 N–H and O–H groups in total. The van der Waals surface area contributed by atoms with Crippen molar-refractivity contribution in [1.29, 1.82) is 0 Å². The zero-order valence-corrected chi connectivity index (χ0v) is 17.2. The van der Waals surface area contributed by atoms with Gasteiger partial charge >= 0.3 is 5.97 Å². The molecule has 0 radical (unpaired) electrons. The maximum absolute atomic E-state index is 12.8. The van der Waals surface area contributed by atoms with Crippen LogP contribution in [0.25, 0.3) is 6.08 Å². The van der Waals surface area contributed by atoms with Gasteiger partial charge in [-0.2, -0.15) is 0 Å². The van der Waals surface area contributed by atoms with Crippen LogP contribution >= 0.6 is 0 Å². The molecule has 31 heavy (non-hydrogen) atoms. The fourth-order valence-corrected chi connectivity index (χ4v) is 3.47. The molecule has 2 aromatic carbocycles. The minimum atomic E-state index is -0.475. The van der Waals surface area contributed by atoms with E-state index in [9.17, 15) is 14.4 Å². The van der Waals surface area contributed by atoms with Gasteiger partial charge in [0.2, 0.25) is 0 Å². The monoisotopic (exact) mass is 421 g/mol. The quantitative estimate of drug-likeness (QED) is 0.452. The minimum absolute atomic E-state index is 0.0496. The van der Waals surface area contributed by atoms with Crippen LogP contribution in [0, 0.1) is 0 Å². The van der Waals surface area contributed by atoms with Crippen LogP contribution in [0.3, 0.4) is 0 Å². The number of benzene rings is 2. The Labute approximate surface area is 180 Å². The number of rotatable bonds is 5. The molecule has 2 amide bonds. The average Bonchev–Trinajstić information content (AvgIpc) is 3.09. The summed E-state index contributed by atoms with van der Waals surface area (Å²) >= 11 is 0. The zero-order chi connectivity index (χ0) is 21.8. The van der Waals surface area contributed by atoms with Gasteiger partial charge in [0.15, 0.2) is 0 Å². The van der Waals surface area contributed by atoms with Crippen LogP contribution in [0.5, 0.6) is 0 Å². The molecule has 0 spiro atoms. The molecule has 160 valence electrons. The fourth-order valence-electron chi connectivity index (χ4n) is 3.47. The summed E-state index contributed by atoms with van der Waals surface area (Å²) in [5.74, 6) is -1.37. The summed E-state index contributed by atoms with van der Waals surface area (Å²) in [7, 11) is 0. The molecule has 0 atom stereocenters. The summed E-state index contributed by atoms with van der Waals surface area (Å²) in [5.41, 5.74) is 5.28. The Kier molecular flexibility index (Phi) is 5.99. The van der Waals surface area contributed by atoms with Crippen LogP contribution in [0.2, 0.25) is 0 Å². The summed E-state index contributed by atoms with van der Waals surface area (Å²) < 4.78 is 10.3. The molecule has 2 aliphatic heterocycles. The van der Waals surface area contributed by atoms with Gasteiger partial charge in [0, 0.05) is 18.8 Å². The molecular weight excluding hydrogens is 398 g/mol. The van der Waals surface area contributed by atoms with Gasteiger partial charge in [0.1, 0.15) is 5.57 Å². The largest absolute Gasteiger partial charge is 0.462 e. The lowest BCUT2D eigenvalue weighted by molar-refractivity contribution is -0.117. The Morgan fingerprint density at radius 2 is 1.68 bits per heavy atom. The number of hydrogen-bond acceptors (Lipinski definition) is 6. The van der Waals surface area contributed by atoms with E-state index >= 15 is 0 Å². The Balaban J connectivity index is 1.49. The van der Waals surface area contributed by atoms with Crippen LogP contribution in [-0.2, 0) is 19.1 Å². The molecule has 2 aromatic rings. The number of nitrogens with one attached hydrogen (secondary N) is 1. The van der Waals surface area contributed by atoms with Gasteiger partial charge in [-0.05, 0) is 55.0 Å². The van der Waals surface area contributed by atoms with Gasteiger partial charge in [-0.1, -0.05) is 12.1 Å². The Morgan fingerprint density at radius 1 is 1.03 bits per heavy atom. The lowest BCUT2D eigenvalue weighted by Crippen LogP contribution is -2.36. The third kappa shape index (κ3) is 4.44. The number of esters is 1. The van der Waals surface area contributed by atoms with E-state index in [1.54, 1.807) is 37.3 Å². The first-order valence-electron chi connectivity index (χ1n) is 10.1. The van der Waals surface area contributed by atoms with Gasteiger partial charge in [-0.25, -0.2) is 9.80 Å². The molecule has 8 heteroatoms. The van der Waals surface area contributed by atoms with Crippen molar-refractivity contribution in [2.75, 3.05) is 42.8 Å². The fraction of sp³-hybridized carbons (Fsp3) is 0.261. The van der Waals surface area contributed by atoms with Gasteiger partial charge in [-0.15, -0.1) is 0 Å². The maximum atomic E-state index is 12.8. The predicted octanol–water partition coefficient (Wildman–Crippen LogP) is 2.16. The first-order valence-corrected chi connectivity index (χ1v) is 10.1. The molecule has 2 aliphatic rings. The number of ether oxygens (including phenoxy) is 2. The summed E-state index contributed by atoms with van der Waals surface area (Å²) in [5, 5.41) is 1.17. The van der Waals surface area contributed by atoms with Crippen molar-refractivity contribution in [1.82, 2.24) is 5.43 Å². The number of carbonyl (C=O) groups excluding carboxylic acids is 3. The van der Waals surface area contributed by atoms with Gasteiger partial charge in [0.25, 0.3) is 11.8 Å². The zero-order valence-electron chi connectivity index (χ0n) is 17.2. The number of amides is 2. The van der Waals surface area contributed by atoms with Crippen molar-refractivity contribution in [3.8, 4) is 0 Å². The first kappa shape index (κ1) is 20.6. The Bertz CT molecular complexity index is 1010. The van der Waals surface area contributed by atoms with E-state index in [0.717, 1.165) is 24.3 Å². The van der Waals surface area contributed by atoms with E-state index in [1.165, 1.54) is 5.01 Å². The SMILES string of the molecule is CCOC(=O)c1ccc(N2NC(=O)/C(=C\c3ccc(N4CCOCC4)cc3)C2=O)cc1. The summed E-state index contributed by atoms with van der Waals surface area (Å²) in [6, 6.07) is 14.0. The highest BCUT2D eigenvalue weighted by Gasteiger charge is 2.34. The normalized spacial score (nSPS) is 17.8. The molecule has 0 aromatic heterocycles. The number of morpholine rings is 1. The van der Waals surface area contributed by atoms with Crippen molar-refractivity contribution < 1.29 is 23.9 Å². The molecule has 0 aliphatic carbocycles. The third-order valence-electron chi connectivity index (χ3n) is 5.11. The van der Waals surface area contributed by atoms with Crippen molar-refractivity contribution >= 4 is 35.2 Å². The Hall–Kier alpha value is -3.65. The summed E-state index contributed by atoms with van der Waals surface area (Å²) in [4.78, 5) is 39.2. The van der Waals surface area contributed by atoms with Crippen molar-refractivity contribution in [3.05, 3.63) is 65.2 Å². The van der Waals surface area contributed by atoms with E-state index in [2.05, 4.69) is 10.3 Å². The average molecular weight is 421 g/mol. The molecule has 0 unspecified atom stereocenters. The molecule has 2 fully saturated rings. The standard InChI is InChI=1S/C23H23N3O5/c1-2-31-23(29)17-5-9-19(10-6-17)26-22(28)20(21(27)24-26)15-16-3-7-18(8-4-16)25-11-13-30-14-12-25/h3-10,15H,2,11-14H2,1H3,(H,24,27)/b20-15+. The second-order valence-electron chi connectivity index (χ2n) is 7.10. The van der Waals surface area contributed by atoms with Crippen LogP contribution in [0.1, 0.15) is 22.8 Å². The highest BCUT2D eigenvalue weighted by molar-refractivity contribution is 6.31. The highest BCUT2D eigenvalue weighted by atomic mass is 16.5. The number of carbonyl (C=O) groups is 3. The lowest BCUT2D eigenvalue weighted by atomic mass is 10.1. The first-order chi connectivity index (χ1) is 15.1. The number of hydrogen-bond donors (Lipinski definition) is 1. The van der Waals surface area contributed by atoms with E-state index in [0.29, 0.717) is 24.5 Å². The highest BCUT2D eigenvalue weighted by Crippen LogP contribution is 2.23. The minimum Gasteiger partial charge on any atom is -0.462 e. The topological polar surface area (TPSA) is 88.2 Å². The number of hydrazine groups is 1. The smallest absolute Gasteiger partial charge is 0.338 e. The summed E-state index contributed by atoms with van der Waals surface area (Å²) in [6.45, 7) is 5.10. The van der Waals surface area contributed by atoms with Crippen LogP contribution in [0.15, 0.2) is 54.1 Å². The van der Waals surface area contributed by atoms with Crippen LogP contribution in [0.4, 0.5) is 11.4 Å². The van der Waals surface area contributed by atoms with Crippen molar-refractivity contribution in [3.63, 3.8) is 0 Å². The maximum Gasteiger partial charge on any atom is 0.338 e. The van der Waals surface area contributed by atoms with E-state index in [1.807, 2.05) is 24.3 Å². The molecule has 0 bridgehead atoms. The van der Waals surface area contributed by atoms with Crippen LogP contribution < -0.4 is 15.3 Å². The molecule has 8 nitrogen and oxygen atoms in total. The van der Waals surface area contributed by atoms with Crippen molar-refractivity contribution in [2.45, 2.75) is 6.92 Å². The molecular formula is C23H23N3O5.